The van der Waals surface area contributed by atoms with Crippen molar-refractivity contribution in [3.63, 3.8) is 0 Å². The molecule has 4 rings (SSSR count). The van der Waals surface area contributed by atoms with Crippen molar-refractivity contribution in [3.8, 4) is 11.4 Å². The van der Waals surface area contributed by atoms with Crippen LogP contribution in [-0.2, 0) is 9.53 Å². The SMILES string of the molecule is COC(=O)[C@@H]1CC[C@H](C)C(c2nc(N)nc(-c3ccc4cnc(C)n4c3)n2)C1. The Balaban J connectivity index is 1.71. The van der Waals surface area contributed by atoms with Crippen LogP contribution in [0.15, 0.2) is 24.5 Å². The lowest BCUT2D eigenvalue weighted by Crippen LogP contribution is -2.29. The molecule has 3 aromatic heterocycles. The summed E-state index contributed by atoms with van der Waals surface area (Å²) in [4.78, 5) is 29.8. The highest BCUT2D eigenvalue weighted by atomic mass is 16.5. The molecule has 2 N–H and O–H groups in total. The van der Waals surface area contributed by atoms with Gasteiger partial charge in [0.25, 0.3) is 0 Å². The van der Waals surface area contributed by atoms with E-state index in [2.05, 4.69) is 21.9 Å². The monoisotopic (exact) mass is 380 g/mol. The highest BCUT2D eigenvalue weighted by Gasteiger charge is 2.35. The molecule has 146 valence electrons. The van der Waals surface area contributed by atoms with Gasteiger partial charge in [0.15, 0.2) is 5.82 Å². The summed E-state index contributed by atoms with van der Waals surface area (Å²) < 4.78 is 6.94. The summed E-state index contributed by atoms with van der Waals surface area (Å²) in [5.41, 5.74) is 7.87. The molecule has 3 aromatic rings. The largest absolute Gasteiger partial charge is 0.469 e. The zero-order chi connectivity index (χ0) is 19.8. The molecular weight excluding hydrogens is 356 g/mol. The minimum atomic E-state index is -0.166. The molecule has 0 spiro atoms. The average molecular weight is 380 g/mol. The minimum Gasteiger partial charge on any atom is -0.469 e. The van der Waals surface area contributed by atoms with Gasteiger partial charge in [0.2, 0.25) is 5.95 Å². The molecule has 8 nitrogen and oxygen atoms in total. The Morgan fingerprint density at radius 2 is 2.07 bits per heavy atom. The van der Waals surface area contributed by atoms with Crippen molar-refractivity contribution in [3.05, 3.63) is 36.2 Å². The molecule has 28 heavy (non-hydrogen) atoms. The van der Waals surface area contributed by atoms with E-state index in [1.165, 1.54) is 7.11 Å². The van der Waals surface area contributed by atoms with Crippen LogP contribution in [-0.4, -0.2) is 37.4 Å². The molecule has 0 aliphatic heterocycles. The normalized spacial score (nSPS) is 22.3. The number of nitrogens with two attached hydrogens (primary N) is 1. The van der Waals surface area contributed by atoms with Crippen molar-refractivity contribution >= 4 is 17.4 Å². The summed E-state index contributed by atoms with van der Waals surface area (Å²) in [6.45, 7) is 4.11. The number of methoxy groups -OCH3 is 1. The number of ether oxygens (including phenoxy) is 1. The highest BCUT2D eigenvalue weighted by Crippen LogP contribution is 2.40. The number of aromatic nitrogens is 5. The minimum absolute atomic E-state index is 0.0422. The van der Waals surface area contributed by atoms with Crippen LogP contribution in [0.1, 0.15) is 43.8 Å². The zero-order valence-electron chi connectivity index (χ0n) is 16.3. The van der Waals surface area contributed by atoms with Crippen LogP contribution in [0, 0.1) is 18.8 Å². The van der Waals surface area contributed by atoms with Crippen molar-refractivity contribution in [2.75, 3.05) is 12.8 Å². The Labute approximate surface area is 163 Å². The summed E-state index contributed by atoms with van der Waals surface area (Å²) in [5, 5.41) is 0. The maximum atomic E-state index is 12.0. The quantitative estimate of drug-likeness (QED) is 0.696. The summed E-state index contributed by atoms with van der Waals surface area (Å²) in [7, 11) is 1.43. The third-order valence-electron chi connectivity index (χ3n) is 5.70. The molecule has 1 unspecified atom stereocenters. The molecule has 1 saturated carbocycles. The number of nitrogens with zero attached hydrogens (tertiary/aromatic N) is 5. The number of rotatable bonds is 3. The second-order valence-electron chi connectivity index (χ2n) is 7.51. The third kappa shape index (κ3) is 3.30. The van der Waals surface area contributed by atoms with Crippen LogP contribution in [0.4, 0.5) is 5.95 Å². The van der Waals surface area contributed by atoms with E-state index < -0.39 is 0 Å². The van der Waals surface area contributed by atoms with E-state index in [9.17, 15) is 4.79 Å². The number of esters is 1. The van der Waals surface area contributed by atoms with Gasteiger partial charge in [-0.05, 0) is 44.2 Å². The van der Waals surface area contributed by atoms with Crippen molar-refractivity contribution in [2.24, 2.45) is 11.8 Å². The van der Waals surface area contributed by atoms with Crippen LogP contribution in [0.25, 0.3) is 16.9 Å². The van der Waals surface area contributed by atoms with Crippen molar-refractivity contribution in [1.29, 1.82) is 0 Å². The Bertz CT molecular complexity index is 1030. The van der Waals surface area contributed by atoms with Gasteiger partial charge in [0.1, 0.15) is 11.6 Å². The zero-order valence-corrected chi connectivity index (χ0v) is 16.3. The van der Waals surface area contributed by atoms with Crippen molar-refractivity contribution < 1.29 is 9.53 Å². The summed E-state index contributed by atoms with van der Waals surface area (Å²) in [6.07, 6.45) is 6.19. The Morgan fingerprint density at radius 3 is 2.86 bits per heavy atom. The molecule has 1 fully saturated rings. The van der Waals surface area contributed by atoms with Crippen molar-refractivity contribution in [2.45, 2.75) is 39.0 Å². The number of pyridine rings is 1. The van der Waals surface area contributed by atoms with E-state index in [0.717, 1.165) is 29.7 Å². The van der Waals surface area contributed by atoms with Gasteiger partial charge in [0.05, 0.1) is 24.7 Å². The lowest BCUT2D eigenvalue weighted by Gasteiger charge is -2.32. The number of carbonyl (C=O) groups is 1. The van der Waals surface area contributed by atoms with Crippen LogP contribution in [0.5, 0.6) is 0 Å². The average Bonchev–Trinajstić information content (AvgIpc) is 3.07. The van der Waals surface area contributed by atoms with Gasteiger partial charge in [-0.2, -0.15) is 9.97 Å². The molecule has 0 amide bonds. The van der Waals surface area contributed by atoms with E-state index in [-0.39, 0.29) is 23.8 Å². The molecule has 0 bridgehead atoms. The maximum absolute atomic E-state index is 12.0. The predicted octanol–water partition coefficient (Wildman–Crippen LogP) is 2.77. The second-order valence-corrected chi connectivity index (χ2v) is 7.51. The molecule has 1 aliphatic rings. The van der Waals surface area contributed by atoms with E-state index in [1.807, 2.05) is 35.9 Å². The van der Waals surface area contributed by atoms with Gasteiger partial charge >= 0.3 is 5.97 Å². The summed E-state index contributed by atoms with van der Waals surface area (Å²) >= 11 is 0. The van der Waals surface area contributed by atoms with E-state index >= 15 is 0 Å². The Morgan fingerprint density at radius 1 is 1.25 bits per heavy atom. The summed E-state index contributed by atoms with van der Waals surface area (Å²) in [6, 6.07) is 3.93. The third-order valence-corrected chi connectivity index (χ3v) is 5.70. The highest BCUT2D eigenvalue weighted by molar-refractivity contribution is 5.72. The lowest BCUT2D eigenvalue weighted by atomic mass is 9.74. The van der Waals surface area contributed by atoms with E-state index in [1.54, 1.807) is 0 Å². The van der Waals surface area contributed by atoms with Crippen LogP contribution in [0.2, 0.25) is 0 Å². The van der Waals surface area contributed by atoms with Crippen LogP contribution >= 0.6 is 0 Å². The van der Waals surface area contributed by atoms with Gasteiger partial charge in [0, 0.05) is 17.7 Å². The predicted molar refractivity (Wildman–Crippen MR) is 104 cm³/mol. The number of fused-ring (bicyclic) bond motifs is 1. The maximum Gasteiger partial charge on any atom is 0.308 e. The first-order valence-electron chi connectivity index (χ1n) is 9.49. The first-order chi connectivity index (χ1) is 13.5. The van der Waals surface area contributed by atoms with Crippen molar-refractivity contribution in [1.82, 2.24) is 24.3 Å². The first kappa shape index (κ1) is 18.3. The van der Waals surface area contributed by atoms with E-state index in [4.69, 9.17) is 15.5 Å². The Kier molecular flexibility index (Phi) is 4.70. The second kappa shape index (κ2) is 7.18. The molecule has 1 aliphatic carbocycles. The fourth-order valence-corrected chi connectivity index (χ4v) is 4.02. The fraction of sp³-hybridized carbons (Fsp3) is 0.450. The number of hydrogen-bond acceptors (Lipinski definition) is 7. The van der Waals surface area contributed by atoms with Gasteiger partial charge in [-0.15, -0.1) is 0 Å². The van der Waals surface area contributed by atoms with E-state index in [0.29, 0.717) is 24.0 Å². The topological polar surface area (TPSA) is 108 Å². The number of carbonyl (C=O) groups excluding carboxylic acids is 1. The Hall–Kier alpha value is -3.03. The molecule has 0 radical (unpaired) electrons. The molecule has 8 heteroatoms. The van der Waals surface area contributed by atoms with Crippen LogP contribution in [0.3, 0.4) is 0 Å². The molecular formula is C20H24N6O2. The van der Waals surface area contributed by atoms with Gasteiger partial charge in [-0.3, -0.25) is 4.79 Å². The number of anilines is 1. The smallest absolute Gasteiger partial charge is 0.308 e. The first-order valence-corrected chi connectivity index (χ1v) is 9.49. The molecule has 0 aromatic carbocycles. The van der Waals surface area contributed by atoms with Crippen LogP contribution < -0.4 is 5.73 Å². The van der Waals surface area contributed by atoms with Gasteiger partial charge in [-0.25, -0.2) is 9.97 Å². The fourth-order valence-electron chi connectivity index (χ4n) is 4.02. The molecule has 3 atom stereocenters. The van der Waals surface area contributed by atoms with Gasteiger partial charge in [-0.1, -0.05) is 6.92 Å². The van der Waals surface area contributed by atoms with Gasteiger partial charge < -0.3 is 14.9 Å². The number of hydrogen-bond donors (Lipinski definition) is 1. The lowest BCUT2D eigenvalue weighted by molar-refractivity contribution is -0.147. The molecule has 3 heterocycles. The standard InChI is InChI=1S/C20H24N6O2/c1-11-4-5-13(19(27)28-3)8-16(11)18-23-17(24-20(21)25-18)14-6-7-15-9-22-12(2)26(15)10-14/h6-7,9-11,13,16H,4-5,8H2,1-3H3,(H2,21,23,24,25)/t11-,13+,16?/m0/s1. The number of imidazole rings is 1. The summed E-state index contributed by atoms with van der Waals surface area (Å²) in [5.74, 6) is 2.36. The number of nitrogen functional groups attached to an aromatic ring is 1. The molecule has 0 saturated heterocycles. The number of aryl methyl sites for hydroxylation is 1.